The zero-order valence-electron chi connectivity index (χ0n) is 16.3. The number of rotatable bonds is 4. The Morgan fingerprint density at radius 1 is 1.21 bits per heavy atom. The number of halogens is 1. The summed E-state index contributed by atoms with van der Waals surface area (Å²) in [6, 6.07) is 15.8. The van der Waals surface area contributed by atoms with E-state index in [0.717, 1.165) is 28.1 Å². The first-order chi connectivity index (χ1) is 13.9. The molecule has 0 spiro atoms. The quantitative estimate of drug-likeness (QED) is 0.687. The molecule has 29 heavy (non-hydrogen) atoms. The Morgan fingerprint density at radius 3 is 2.55 bits per heavy atom. The van der Waals surface area contributed by atoms with E-state index < -0.39 is 11.6 Å². The molecule has 6 heteroatoms. The molecule has 0 radical (unpaired) electrons. The molecule has 0 saturated heterocycles. The first kappa shape index (κ1) is 18.9. The van der Waals surface area contributed by atoms with Crippen molar-refractivity contribution in [3.05, 3.63) is 89.0 Å². The summed E-state index contributed by atoms with van der Waals surface area (Å²) < 4.78 is 15.0. The molecule has 1 aliphatic rings. The Balaban J connectivity index is 1.70. The topological polar surface area (TPSA) is 58.4 Å². The summed E-state index contributed by atoms with van der Waals surface area (Å²) in [6.45, 7) is 4.21. The molecular formula is C23H22FN3O2. The van der Waals surface area contributed by atoms with Crippen LogP contribution < -0.4 is 0 Å². The van der Waals surface area contributed by atoms with Gasteiger partial charge in [-0.3, -0.25) is 4.90 Å². The predicted octanol–water partition coefficient (Wildman–Crippen LogP) is 4.91. The molecule has 0 bridgehead atoms. The lowest BCUT2D eigenvalue weighted by atomic mass is 9.80. The van der Waals surface area contributed by atoms with Gasteiger partial charge in [0.2, 0.25) is 0 Å². The molecule has 3 aromatic rings. The zero-order chi connectivity index (χ0) is 20.6. The average molecular weight is 391 g/mol. The Labute approximate surface area is 168 Å². The van der Waals surface area contributed by atoms with Gasteiger partial charge in [0.1, 0.15) is 5.82 Å². The minimum absolute atomic E-state index is 0.299. The number of aromatic nitrogens is 2. The molecule has 5 nitrogen and oxygen atoms in total. The van der Waals surface area contributed by atoms with E-state index in [1.54, 1.807) is 23.0 Å². The maximum absolute atomic E-state index is 13.3. The van der Waals surface area contributed by atoms with Crippen molar-refractivity contribution in [1.29, 1.82) is 0 Å². The van der Waals surface area contributed by atoms with Crippen molar-refractivity contribution in [2.24, 2.45) is 0 Å². The maximum atomic E-state index is 13.3. The van der Waals surface area contributed by atoms with E-state index in [1.807, 2.05) is 50.3 Å². The molecule has 1 aromatic heterocycles. The Bertz CT molecular complexity index is 1070. The molecule has 1 heterocycles. The van der Waals surface area contributed by atoms with Gasteiger partial charge in [-0.2, -0.15) is 5.10 Å². The number of amides is 1. The summed E-state index contributed by atoms with van der Waals surface area (Å²) in [5.41, 5.74) is 3.81. The van der Waals surface area contributed by atoms with Crippen LogP contribution in [0.3, 0.4) is 0 Å². The summed E-state index contributed by atoms with van der Waals surface area (Å²) in [6.07, 6.45) is 3.31. The van der Waals surface area contributed by atoms with Crippen molar-refractivity contribution in [1.82, 2.24) is 14.7 Å². The minimum Gasteiger partial charge on any atom is -0.465 e. The lowest BCUT2D eigenvalue weighted by molar-refractivity contribution is 0.0943. The van der Waals surface area contributed by atoms with Gasteiger partial charge in [-0.1, -0.05) is 30.3 Å². The molecule has 1 atom stereocenters. The van der Waals surface area contributed by atoms with Gasteiger partial charge >= 0.3 is 6.09 Å². The van der Waals surface area contributed by atoms with Crippen molar-refractivity contribution >= 4 is 12.2 Å². The monoisotopic (exact) mass is 391 g/mol. The van der Waals surface area contributed by atoms with Crippen LogP contribution in [-0.2, 0) is 13.0 Å². The second-order valence-corrected chi connectivity index (χ2v) is 7.58. The van der Waals surface area contributed by atoms with E-state index >= 15 is 0 Å². The van der Waals surface area contributed by atoms with Crippen molar-refractivity contribution in [2.45, 2.75) is 32.4 Å². The second kappa shape index (κ2) is 7.20. The minimum atomic E-state index is -0.960. The van der Waals surface area contributed by atoms with Gasteiger partial charge < -0.3 is 5.11 Å². The van der Waals surface area contributed by atoms with E-state index in [0.29, 0.717) is 13.0 Å². The summed E-state index contributed by atoms with van der Waals surface area (Å²) in [7, 11) is 0. The predicted molar refractivity (Wildman–Crippen MR) is 109 cm³/mol. The van der Waals surface area contributed by atoms with Crippen LogP contribution in [0.4, 0.5) is 9.18 Å². The molecule has 0 saturated carbocycles. The highest BCUT2D eigenvalue weighted by atomic mass is 19.1. The fourth-order valence-corrected chi connectivity index (χ4v) is 3.87. The van der Waals surface area contributed by atoms with Crippen LogP contribution in [0.5, 0.6) is 0 Å². The van der Waals surface area contributed by atoms with E-state index in [1.165, 1.54) is 17.0 Å². The second-order valence-electron chi connectivity index (χ2n) is 7.58. The van der Waals surface area contributed by atoms with Crippen molar-refractivity contribution in [3.63, 3.8) is 0 Å². The van der Waals surface area contributed by atoms with Crippen molar-refractivity contribution in [3.8, 4) is 5.69 Å². The van der Waals surface area contributed by atoms with Crippen LogP contribution in [0.2, 0.25) is 0 Å². The molecule has 1 N–H and O–H groups in total. The fraction of sp³-hybridized carbons (Fsp3) is 0.217. The first-order valence-electron chi connectivity index (χ1n) is 9.44. The Kier molecular flexibility index (Phi) is 4.70. The molecule has 1 unspecified atom stereocenters. The van der Waals surface area contributed by atoms with Gasteiger partial charge in [-0.15, -0.1) is 0 Å². The number of hydrogen-bond acceptors (Lipinski definition) is 2. The SMILES string of the molecule is CC1=Cc2c(cnn2-c2ccc(F)cc2)CC1(C)N(Cc1ccccc1)C(=O)O. The number of carboxylic acid groups (broad SMARTS) is 1. The lowest BCUT2D eigenvalue weighted by Gasteiger charge is -2.42. The number of fused-ring (bicyclic) bond motifs is 1. The van der Waals surface area contributed by atoms with Gasteiger partial charge in [0, 0.05) is 18.5 Å². The third-order valence-corrected chi connectivity index (χ3v) is 5.71. The first-order valence-corrected chi connectivity index (χ1v) is 9.44. The molecule has 1 amide bonds. The lowest BCUT2D eigenvalue weighted by Crippen LogP contribution is -2.52. The molecule has 1 aliphatic carbocycles. The molecule has 0 fully saturated rings. The molecule has 4 rings (SSSR count). The van der Waals surface area contributed by atoms with E-state index in [9.17, 15) is 14.3 Å². The molecule has 2 aromatic carbocycles. The van der Waals surface area contributed by atoms with Gasteiger partial charge in [0.25, 0.3) is 0 Å². The summed E-state index contributed by atoms with van der Waals surface area (Å²) in [5.74, 6) is -0.299. The summed E-state index contributed by atoms with van der Waals surface area (Å²) >= 11 is 0. The van der Waals surface area contributed by atoms with E-state index in [4.69, 9.17) is 0 Å². The average Bonchev–Trinajstić information content (AvgIpc) is 3.10. The van der Waals surface area contributed by atoms with Crippen LogP contribution in [0.15, 0.2) is 66.4 Å². The van der Waals surface area contributed by atoms with Gasteiger partial charge in [-0.25, -0.2) is 13.9 Å². The van der Waals surface area contributed by atoms with Gasteiger partial charge in [-0.05, 0) is 55.3 Å². The Morgan fingerprint density at radius 2 is 1.90 bits per heavy atom. The fourth-order valence-electron chi connectivity index (χ4n) is 3.87. The number of carbonyl (C=O) groups is 1. The van der Waals surface area contributed by atoms with Crippen molar-refractivity contribution < 1.29 is 14.3 Å². The van der Waals surface area contributed by atoms with Crippen molar-refractivity contribution in [2.75, 3.05) is 0 Å². The third kappa shape index (κ3) is 3.42. The highest BCUT2D eigenvalue weighted by molar-refractivity contribution is 5.70. The summed E-state index contributed by atoms with van der Waals surface area (Å²) in [4.78, 5) is 13.7. The van der Waals surface area contributed by atoms with E-state index in [-0.39, 0.29) is 5.82 Å². The molecular weight excluding hydrogens is 369 g/mol. The van der Waals surface area contributed by atoms with Crippen LogP contribution >= 0.6 is 0 Å². The van der Waals surface area contributed by atoms with Crippen LogP contribution in [0.25, 0.3) is 11.8 Å². The normalized spacial score (nSPS) is 18.1. The zero-order valence-corrected chi connectivity index (χ0v) is 16.3. The maximum Gasteiger partial charge on any atom is 0.408 e. The van der Waals surface area contributed by atoms with Crippen LogP contribution in [-0.4, -0.2) is 31.4 Å². The Hall–Kier alpha value is -3.41. The van der Waals surface area contributed by atoms with Gasteiger partial charge in [0.15, 0.2) is 0 Å². The van der Waals surface area contributed by atoms with Crippen LogP contribution in [0.1, 0.15) is 30.7 Å². The third-order valence-electron chi connectivity index (χ3n) is 5.71. The standard InChI is InChI=1S/C23H22FN3O2/c1-16-12-21-18(14-25-27(21)20-10-8-19(24)9-11-20)13-23(16,2)26(22(28)29)15-17-6-4-3-5-7-17/h3-12,14H,13,15H2,1-2H3,(H,28,29). The highest BCUT2D eigenvalue weighted by Crippen LogP contribution is 2.37. The number of hydrogen-bond donors (Lipinski definition) is 1. The highest BCUT2D eigenvalue weighted by Gasteiger charge is 2.40. The number of benzene rings is 2. The smallest absolute Gasteiger partial charge is 0.408 e. The summed E-state index contributed by atoms with van der Waals surface area (Å²) in [5, 5.41) is 14.4. The van der Waals surface area contributed by atoms with Crippen LogP contribution in [0, 0.1) is 5.82 Å². The van der Waals surface area contributed by atoms with E-state index in [2.05, 4.69) is 5.10 Å². The largest absolute Gasteiger partial charge is 0.465 e. The number of nitrogens with zero attached hydrogens (tertiary/aromatic N) is 3. The van der Waals surface area contributed by atoms with Gasteiger partial charge in [0.05, 0.1) is 23.1 Å². The molecule has 148 valence electrons. The molecule has 0 aliphatic heterocycles.